The molecule has 4 rings (SSSR count). The molecule has 0 N–H and O–H groups in total. The maximum Gasteiger partial charge on any atom is 0.248 e. The van der Waals surface area contributed by atoms with E-state index in [4.69, 9.17) is 27.9 Å². The van der Waals surface area contributed by atoms with Crippen LogP contribution in [-0.2, 0) is 9.53 Å². The van der Waals surface area contributed by atoms with Gasteiger partial charge in [0.1, 0.15) is 0 Å². The molecular formula is C19H16Cl2N4O2. The zero-order chi connectivity index (χ0) is 18.8. The first-order valence-corrected chi connectivity index (χ1v) is 9.23. The molecule has 8 heteroatoms. The van der Waals surface area contributed by atoms with Crippen LogP contribution in [0.3, 0.4) is 0 Å². The van der Waals surface area contributed by atoms with E-state index in [9.17, 15) is 4.79 Å². The number of amides is 1. The van der Waals surface area contributed by atoms with E-state index in [2.05, 4.69) is 9.97 Å². The van der Waals surface area contributed by atoms with Crippen molar-refractivity contribution in [3.8, 4) is 11.3 Å². The lowest BCUT2D eigenvalue weighted by molar-refractivity contribution is -0.134. The monoisotopic (exact) mass is 402 g/mol. The normalized spacial score (nSPS) is 17.7. The summed E-state index contributed by atoms with van der Waals surface area (Å²) in [6.45, 7) is 1.38. The van der Waals surface area contributed by atoms with Gasteiger partial charge in [0.2, 0.25) is 11.7 Å². The Morgan fingerprint density at radius 3 is 3.04 bits per heavy atom. The number of morpholine rings is 1. The van der Waals surface area contributed by atoms with Gasteiger partial charge >= 0.3 is 0 Å². The fourth-order valence-corrected chi connectivity index (χ4v) is 3.56. The predicted molar refractivity (Wildman–Crippen MR) is 104 cm³/mol. The molecule has 1 amide bonds. The van der Waals surface area contributed by atoms with Gasteiger partial charge in [0.05, 0.1) is 24.9 Å². The number of halogens is 2. The van der Waals surface area contributed by atoms with Crippen LogP contribution < -0.4 is 0 Å². The summed E-state index contributed by atoms with van der Waals surface area (Å²) in [6, 6.07) is 7.34. The molecule has 1 fully saturated rings. The lowest BCUT2D eigenvalue weighted by Crippen LogP contribution is -2.42. The van der Waals surface area contributed by atoms with Crippen LogP contribution in [0.2, 0.25) is 5.02 Å². The number of benzene rings is 1. The fourth-order valence-electron chi connectivity index (χ4n) is 3.21. The van der Waals surface area contributed by atoms with Gasteiger partial charge in [0, 0.05) is 47.3 Å². The highest BCUT2D eigenvalue weighted by Gasteiger charge is 2.28. The third kappa shape index (κ3) is 3.69. The second-order valence-electron chi connectivity index (χ2n) is 6.14. The van der Waals surface area contributed by atoms with Gasteiger partial charge in [-0.25, -0.2) is 9.97 Å². The number of hydrogen-bond donors (Lipinski definition) is 0. The fraction of sp³-hybridized carbons (Fsp3) is 0.211. The molecule has 138 valence electrons. The van der Waals surface area contributed by atoms with E-state index >= 15 is 0 Å². The molecular weight excluding hydrogens is 387 g/mol. The van der Waals surface area contributed by atoms with Crippen LogP contribution in [0.4, 0.5) is 0 Å². The van der Waals surface area contributed by atoms with E-state index in [0.29, 0.717) is 30.6 Å². The van der Waals surface area contributed by atoms with Crippen LogP contribution in [0.15, 0.2) is 54.5 Å². The summed E-state index contributed by atoms with van der Waals surface area (Å²) in [5, 5.41) is 0.568. The number of fused-ring (bicyclic) bond motifs is 1. The molecule has 0 radical (unpaired) electrons. The summed E-state index contributed by atoms with van der Waals surface area (Å²) < 4.78 is 7.44. The van der Waals surface area contributed by atoms with Crippen molar-refractivity contribution in [2.24, 2.45) is 0 Å². The molecule has 0 unspecified atom stereocenters. The summed E-state index contributed by atoms with van der Waals surface area (Å²) in [6.07, 6.45) is 6.78. The van der Waals surface area contributed by atoms with Gasteiger partial charge in [-0.15, -0.1) is 0 Å². The van der Waals surface area contributed by atoms with Crippen LogP contribution in [0.25, 0.3) is 17.0 Å². The molecule has 1 atom stereocenters. The van der Waals surface area contributed by atoms with Crippen LogP contribution in [-0.4, -0.2) is 44.9 Å². The highest BCUT2D eigenvalue weighted by atomic mass is 35.5. The third-order valence-corrected chi connectivity index (χ3v) is 4.82. The number of ether oxygens (including phenoxy) is 1. The molecule has 0 spiro atoms. The van der Waals surface area contributed by atoms with E-state index in [1.54, 1.807) is 11.1 Å². The topological polar surface area (TPSA) is 59.7 Å². The standard InChI is InChI=1S/C19H16Cl2N4O2/c20-3-1-18(26)25-7-8-27-12-17(25)14-9-13(10-15(21)11-14)16-2-5-24-6-4-22-19(24)23-16/h1-6,9-11,17H,7-8,12H2/b3-1-/t17-/m0/s1. The predicted octanol–water partition coefficient (Wildman–Crippen LogP) is 3.70. The Morgan fingerprint density at radius 1 is 1.30 bits per heavy atom. The van der Waals surface area contributed by atoms with Gasteiger partial charge in [0.25, 0.3) is 0 Å². The molecule has 2 aromatic heterocycles. The van der Waals surface area contributed by atoms with E-state index in [1.807, 2.05) is 41.1 Å². The number of rotatable bonds is 3. The maximum absolute atomic E-state index is 12.4. The Balaban J connectivity index is 1.73. The van der Waals surface area contributed by atoms with Crippen LogP contribution in [0.5, 0.6) is 0 Å². The van der Waals surface area contributed by atoms with Gasteiger partial charge < -0.3 is 9.64 Å². The second kappa shape index (κ2) is 7.68. The molecule has 3 heterocycles. The zero-order valence-corrected chi connectivity index (χ0v) is 15.8. The minimum absolute atomic E-state index is 0.156. The Labute approximate surface area is 166 Å². The van der Waals surface area contributed by atoms with Crippen LogP contribution in [0, 0.1) is 0 Å². The number of aromatic nitrogens is 3. The average molecular weight is 403 g/mol. The molecule has 3 aromatic rings. The van der Waals surface area contributed by atoms with Crippen molar-refractivity contribution in [3.05, 3.63) is 65.1 Å². The van der Waals surface area contributed by atoms with E-state index in [0.717, 1.165) is 16.8 Å². The number of carbonyl (C=O) groups is 1. The van der Waals surface area contributed by atoms with Gasteiger partial charge in [-0.1, -0.05) is 23.2 Å². The van der Waals surface area contributed by atoms with E-state index in [1.165, 1.54) is 11.6 Å². The van der Waals surface area contributed by atoms with Crippen LogP contribution in [0.1, 0.15) is 11.6 Å². The smallest absolute Gasteiger partial charge is 0.248 e. The maximum atomic E-state index is 12.4. The molecule has 6 nitrogen and oxygen atoms in total. The Morgan fingerprint density at radius 2 is 2.19 bits per heavy atom. The summed E-state index contributed by atoms with van der Waals surface area (Å²) in [7, 11) is 0. The highest BCUT2D eigenvalue weighted by molar-refractivity contribution is 6.31. The molecule has 1 aliphatic rings. The first-order valence-electron chi connectivity index (χ1n) is 8.41. The number of hydrogen-bond acceptors (Lipinski definition) is 4. The van der Waals surface area contributed by atoms with Crippen molar-refractivity contribution in [1.29, 1.82) is 0 Å². The van der Waals surface area contributed by atoms with Gasteiger partial charge in [-0.05, 0) is 29.8 Å². The molecule has 1 aromatic carbocycles. The molecule has 27 heavy (non-hydrogen) atoms. The molecule has 0 saturated carbocycles. The first kappa shape index (κ1) is 18.0. The first-order chi connectivity index (χ1) is 13.2. The summed E-state index contributed by atoms with van der Waals surface area (Å²) >= 11 is 12.0. The summed E-state index contributed by atoms with van der Waals surface area (Å²) in [5.41, 5.74) is 3.72. The lowest BCUT2D eigenvalue weighted by Gasteiger charge is -2.35. The number of carbonyl (C=O) groups excluding carboxylic acids is 1. The van der Waals surface area contributed by atoms with Gasteiger partial charge in [-0.3, -0.25) is 9.20 Å². The largest absolute Gasteiger partial charge is 0.377 e. The molecule has 0 aliphatic carbocycles. The summed E-state index contributed by atoms with van der Waals surface area (Å²) in [4.78, 5) is 22.9. The Hall–Kier alpha value is -2.41. The number of imidazole rings is 1. The third-order valence-electron chi connectivity index (χ3n) is 4.48. The van der Waals surface area contributed by atoms with Gasteiger partial charge in [-0.2, -0.15) is 0 Å². The van der Waals surface area contributed by atoms with Crippen molar-refractivity contribution in [2.45, 2.75) is 6.04 Å². The minimum atomic E-state index is -0.244. The van der Waals surface area contributed by atoms with Crippen molar-refractivity contribution in [2.75, 3.05) is 19.8 Å². The highest BCUT2D eigenvalue weighted by Crippen LogP contribution is 2.31. The number of nitrogens with zero attached hydrogens (tertiary/aromatic N) is 4. The Bertz CT molecular complexity index is 1020. The van der Waals surface area contributed by atoms with Crippen LogP contribution >= 0.6 is 23.2 Å². The SMILES string of the molecule is O=C(/C=C\Cl)N1CCOC[C@H]1c1cc(Cl)cc(-c2ccn3ccnc3n2)c1. The van der Waals surface area contributed by atoms with E-state index in [-0.39, 0.29) is 11.9 Å². The zero-order valence-electron chi connectivity index (χ0n) is 14.3. The lowest BCUT2D eigenvalue weighted by atomic mass is 10.0. The molecule has 0 bridgehead atoms. The molecule has 1 aliphatic heterocycles. The summed E-state index contributed by atoms with van der Waals surface area (Å²) in [5.74, 6) is 0.454. The van der Waals surface area contributed by atoms with Crippen molar-refractivity contribution in [3.63, 3.8) is 0 Å². The van der Waals surface area contributed by atoms with Crippen molar-refractivity contribution < 1.29 is 9.53 Å². The Kier molecular flexibility index (Phi) is 5.11. The van der Waals surface area contributed by atoms with Crippen molar-refractivity contribution in [1.82, 2.24) is 19.3 Å². The average Bonchev–Trinajstić information content (AvgIpc) is 3.15. The molecule has 1 saturated heterocycles. The quantitative estimate of drug-likeness (QED) is 0.626. The second-order valence-corrected chi connectivity index (χ2v) is 6.82. The van der Waals surface area contributed by atoms with Crippen molar-refractivity contribution >= 4 is 34.9 Å². The minimum Gasteiger partial charge on any atom is -0.377 e. The van der Waals surface area contributed by atoms with Gasteiger partial charge in [0.15, 0.2) is 0 Å². The van der Waals surface area contributed by atoms with E-state index < -0.39 is 0 Å².